The number of hydrogen-bond donors (Lipinski definition) is 2. The predicted octanol–water partition coefficient (Wildman–Crippen LogP) is 5.17. The zero-order valence-electron chi connectivity index (χ0n) is 22.4. The average Bonchev–Trinajstić information content (AvgIpc) is 2.84. The second-order valence-electron chi connectivity index (χ2n) is 10.4. The number of carbonyl (C=O) groups excluding carboxylic acids is 2. The van der Waals surface area contributed by atoms with Gasteiger partial charge in [-0.25, -0.2) is 0 Å². The highest BCUT2D eigenvalue weighted by molar-refractivity contribution is 6.00. The number of para-hydroxylation sites is 1. The Morgan fingerprint density at radius 3 is 2.53 bits per heavy atom. The summed E-state index contributed by atoms with van der Waals surface area (Å²) in [5.41, 5.74) is 9.85. The second kappa shape index (κ2) is 10.6. The zero-order chi connectivity index (χ0) is 27.6. The summed E-state index contributed by atoms with van der Waals surface area (Å²) in [7, 11) is 0. The Labute approximate surface area is 223 Å². The van der Waals surface area contributed by atoms with Crippen LogP contribution in [-0.4, -0.2) is 24.9 Å². The first-order valence-electron chi connectivity index (χ1n) is 12.6. The molecular formula is C30H33N3O5. The third-order valence-electron chi connectivity index (χ3n) is 6.78. The SMILES string of the molecule is CCOc1cc(C2C(C#N)=C(N)OC3=C2C(=O)CC(C)(C)C3)ccc1OCC(=O)Nc1c(C)cccc1C. The fourth-order valence-corrected chi connectivity index (χ4v) is 5.04. The predicted molar refractivity (Wildman–Crippen MR) is 143 cm³/mol. The number of nitriles is 1. The van der Waals surface area contributed by atoms with Crippen LogP contribution in [0.15, 0.2) is 59.2 Å². The molecule has 0 saturated carbocycles. The smallest absolute Gasteiger partial charge is 0.262 e. The average molecular weight is 516 g/mol. The normalized spacial score (nSPS) is 18.3. The van der Waals surface area contributed by atoms with Gasteiger partial charge in [0.15, 0.2) is 23.9 Å². The minimum absolute atomic E-state index is 0.00297. The number of ether oxygens (including phenoxy) is 3. The van der Waals surface area contributed by atoms with Crippen LogP contribution in [0.3, 0.4) is 0 Å². The lowest BCUT2D eigenvalue weighted by atomic mass is 9.70. The highest BCUT2D eigenvalue weighted by Gasteiger charge is 2.43. The topological polar surface area (TPSA) is 124 Å². The Kier molecular flexibility index (Phi) is 7.49. The van der Waals surface area contributed by atoms with Gasteiger partial charge in [0.2, 0.25) is 5.88 Å². The van der Waals surface area contributed by atoms with Crippen molar-refractivity contribution < 1.29 is 23.8 Å². The molecular weight excluding hydrogens is 482 g/mol. The van der Waals surface area contributed by atoms with Crippen LogP contribution in [0.1, 0.15) is 56.2 Å². The van der Waals surface area contributed by atoms with Gasteiger partial charge >= 0.3 is 0 Å². The number of aryl methyl sites for hydroxylation is 2. The molecule has 1 atom stereocenters. The van der Waals surface area contributed by atoms with Gasteiger partial charge in [0.1, 0.15) is 17.4 Å². The molecule has 0 radical (unpaired) electrons. The van der Waals surface area contributed by atoms with E-state index in [4.69, 9.17) is 19.9 Å². The molecule has 1 aliphatic heterocycles. The minimum Gasteiger partial charge on any atom is -0.490 e. The van der Waals surface area contributed by atoms with Gasteiger partial charge < -0.3 is 25.3 Å². The molecule has 0 saturated heterocycles. The Bertz CT molecular complexity index is 1380. The molecule has 1 unspecified atom stereocenters. The van der Waals surface area contributed by atoms with Crippen LogP contribution < -0.4 is 20.5 Å². The van der Waals surface area contributed by atoms with Crippen molar-refractivity contribution in [3.8, 4) is 17.6 Å². The zero-order valence-corrected chi connectivity index (χ0v) is 22.4. The summed E-state index contributed by atoms with van der Waals surface area (Å²) < 4.78 is 17.4. The fourth-order valence-electron chi connectivity index (χ4n) is 5.04. The van der Waals surface area contributed by atoms with Crippen LogP contribution in [0.25, 0.3) is 0 Å². The number of hydrogen-bond acceptors (Lipinski definition) is 7. The van der Waals surface area contributed by atoms with E-state index in [1.54, 1.807) is 18.2 Å². The summed E-state index contributed by atoms with van der Waals surface area (Å²) in [6, 6.07) is 13.1. The van der Waals surface area contributed by atoms with Crippen LogP contribution in [0.5, 0.6) is 11.5 Å². The van der Waals surface area contributed by atoms with E-state index in [0.29, 0.717) is 47.8 Å². The lowest BCUT2D eigenvalue weighted by molar-refractivity contribution is -0.119. The number of Topliss-reactive ketones (excluding diaryl/α,β-unsaturated/α-hetero) is 1. The third kappa shape index (κ3) is 5.37. The van der Waals surface area contributed by atoms with E-state index in [2.05, 4.69) is 11.4 Å². The maximum atomic E-state index is 13.2. The third-order valence-corrected chi connectivity index (χ3v) is 6.78. The largest absolute Gasteiger partial charge is 0.490 e. The molecule has 2 aliphatic rings. The summed E-state index contributed by atoms with van der Waals surface area (Å²) in [6.45, 7) is 9.84. The van der Waals surface area contributed by atoms with Crippen molar-refractivity contribution in [1.82, 2.24) is 0 Å². The minimum atomic E-state index is -0.673. The van der Waals surface area contributed by atoms with Crippen molar-refractivity contribution in [1.29, 1.82) is 5.26 Å². The molecule has 1 heterocycles. The van der Waals surface area contributed by atoms with E-state index >= 15 is 0 Å². The number of carbonyl (C=O) groups is 2. The maximum absolute atomic E-state index is 13.2. The van der Waals surface area contributed by atoms with Crippen molar-refractivity contribution in [2.75, 3.05) is 18.5 Å². The number of anilines is 1. The Hall–Kier alpha value is -4.25. The van der Waals surface area contributed by atoms with Crippen molar-refractivity contribution in [2.24, 2.45) is 11.1 Å². The molecule has 8 nitrogen and oxygen atoms in total. The second-order valence-corrected chi connectivity index (χ2v) is 10.4. The van der Waals surface area contributed by atoms with Gasteiger partial charge in [-0.2, -0.15) is 5.26 Å². The molecule has 8 heteroatoms. The summed E-state index contributed by atoms with van der Waals surface area (Å²) in [5, 5.41) is 12.8. The van der Waals surface area contributed by atoms with Gasteiger partial charge in [-0.05, 0) is 55.0 Å². The number of allylic oxidation sites excluding steroid dienone is 3. The highest BCUT2D eigenvalue weighted by atomic mass is 16.5. The van der Waals surface area contributed by atoms with Gasteiger partial charge in [0.25, 0.3) is 5.91 Å². The van der Waals surface area contributed by atoms with Crippen LogP contribution >= 0.6 is 0 Å². The molecule has 2 aromatic rings. The molecule has 4 rings (SSSR count). The molecule has 0 bridgehead atoms. The summed E-state index contributed by atoms with van der Waals surface area (Å²) >= 11 is 0. The molecule has 1 amide bonds. The van der Waals surface area contributed by atoms with E-state index < -0.39 is 5.92 Å². The molecule has 0 spiro atoms. The van der Waals surface area contributed by atoms with E-state index in [1.807, 2.05) is 52.8 Å². The molecule has 2 aromatic carbocycles. The van der Waals surface area contributed by atoms with E-state index in [0.717, 1.165) is 16.8 Å². The summed E-state index contributed by atoms with van der Waals surface area (Å²) in [6.07, 6.45) is 0.887. The first-order valence-corrected chi connectivity index (χ1v) is 12.6. The molecule has 0 aromatic heterocycles. The number of nitrogens with zero attached hydrogens (tertiary/aromatic N) is 1. The van der Waals surface area contributed by atoms with E-state index in [9.17, 15) is 14.9 Å². The van der Waals surface area contributed by atoms with Gasteiger partial charge in [-0.15, -0.1) is 0 Å². The van der Waals surface area contributed by atoms with Crippen molar-refractivity contribution >= 4 is 17.4 Å². The van der Waals surface area contributed by atoms with Gasteiger partial charge in [0, 0.05) is 24.1 Å². The lowest BCUT2D eigenvalue weighted by Gasteiger charge is -2.37. The Balaban J connectivity index is 1.62. The van der Waals surface area contributed by atoms with Crippen molar-refractivity contribution in [3.63, 3.8) is 0 Å². The number of rotatable bonds is 7. The lowest BCUT2D eigenvalue weighted by Crippen LogP contribution is -2.33. The molecule has 38 heavy (non-hydrogen) atoms. The quantitative estimate of drug-likeness (QED) is 0.521. The maximum Gasteiger partial charge on any atom is 0.262 e. The monoisotopic (exact) mass is 515 g/mol. The highest BCUT2D eigenvalue weighted by Crippen LogP contribution is 2.48. The van der Waals surface area contributed by atoms with Crippen LogP contribution in [0.4, 0.5) is 5.69 Å². The van der Waals surface area contributed by atoms with Gasteiger partial charge in [-0.1, -0.05) is 38.1 Å². The molecule has 3 N–H and O–H groups in total. The number of benzene rings is 2. The number of amides is 1. The first kappa shape index (κ1) is 26.8. The van der Waals surface area contributed by atoms with Crippen LogP contribution in [0, 0.1) is 30.6 Å². The first-order chi connectivity index (χ1) is 18.0. The number of ketones is 1. The van der Waals surface area contributed by atoms with Crippen LogP contribution in [0.2, 0.25) is 0 Å². The van der Waals surface area contributed by atoms with Crippen molar-refractivity contribution in [2.45, 2.75) is 53.4 Å². The van der Waals surface area contributed by atoms with Gasteiger partial charge in [-0.3, -0.25) is 9.59 Å². The summed E-state index contributed by atoms with van der Waals surface area (Å²) in [5.74, 6) is 0.248. The standard InChI is InChI=1S/C30H33N3O5/c1-6-36-23-12-19(10-11-22(23)37-16-25(35)33-28-17(2)8-7-9-18(28)3)26-20(15-31)29(32)38-24-14-30(4,5)13-21(34)27(24)26/h7-12,26H,6,13-14,16,32H2,1-5H3,(H,33,35). The molecule has 0 fully saturated rings. The van der Waals surface area contributed by atoms with Crippen molar-refractivity contribution in [3.05, 3.63) is 75.9 Å². The molecule has 198 valence electrons. The van der Waals surface area contributed by atoms with Crippen LogP contribution in [-0.2, 0) is 14.3 Å². The summed E-state index contributed by atoms with van der Waals surface area (Å²) in [4.78, 5) is 25.9. The number of nitrogens with two attached hydrogens (primary N) is 1. The van der Waals surface area contributed by atoms with E-state index in [1.165, 1.54) is 0 Å². The molecule has 1 aliphatic carbocycles. The fraction of sp³-hybridized carbons (Fsp3) is 0.367. The number of nitrogens with one attached hydrogen (secondary N) is 1. The Morgan fingerprint density at radius 2 is 1.87 bits per heavy atom. The Morgan fingerprint density at radius 1 is 1.16 bits per heavy atom. The van der Waals surface area contributed by atoms with E-state index in [-0.39, 0.29) is 35.2 Å². The van der Waals surface area contributed by atoms with Gasteiger partial charge in [0.05, 0.1) is 12.5 Å².